The lowest BCUT2D eigenvalue weighted by Gasteiger charge is -2.53. The quantitative estimate of drug-likeness (QED) is 0.244. The van der Waals surface area contributed by atoms with E-state index in [-0.39, 0.29) is 4.90 Å². The molecule has 4 fully saturated rings. The fourth-order valence-corrected chi connectivity index (χ4v) is 7.41. The van der Waals surface area contributed by atoms with E-state index in [2.05, 4.69) is 47.8 Å². The lowest BCUT2D eigenvalue weighted by atomic mass is 9.53. The monoisotopic (exact) mass is 530 g/mol. The lowest BCUT2D eigenvalue weighted by molar-refractivity contribution is -0.776. The van der Waals surface area contributed by atoms with Gasteiger partial charge in [-0.05, 0) is 63.0 Å². The first kappa shape index (κ1) is 28.0. The van der Waals surface area contributed by atoms with Crippen molar-refractivity contribution in [2.24, 2.45) is 17.8 Å². The van der Waals surface area contributed by atoms with E-state index in [4.69, 9.17) is 9.47 Å². The van der Waals surface area contributed by atoms with E-state index in [1.165, 1.54) is 68.5 Å². The predicted molar refractivity (Wildman–Crippen MR) is 142 cm³/mol. The van der Waals surface area contributed by atoms with Gasteiger partial charge in [0.2, 0.25) is 0 Å². The minimum Gasteiger partial charge on any atom is -0.744 e. The van der Waals surface area contributed by atoms with Crippen LogP contribution < -0.4 is 9.47 Å². The van der Waals surface area contributed by atoms with E-state index in [1.54, 1.807) is 6.07 Å². The van der Waals surface area contributed by atoms with Crippen LogP contribution in [0, 0.1) is 17.8 Å². The van der Waals surface area contributed by atoms with E-state index in [1.807, 2.05) is 0 Å². The molecule has 0 amide bonds. The normalized spacial score (nSPS) is 26.0. The molecule has 0 spiro atoms. The first-order chi connectivity index (χ1) is 17.8. The molecule has 4 saturated carbocycles. The van der Waals surface area contributed by atoms with Crippen LogP contribution in [0.2, 0.25) is 0 Å². The SMILES string of the molecule is CCOCCN(CCOCC)c1cc[n+](C23CC4CC(CC(C4)C2)C3)cc1.O=S(=O)([O-])c1ccccc1. The molecule has 8 heteroatoms. The number of aromatic nitrogens is 1. The third-order valence-electron chi connectivity index (χ3n) is 8.18. The number of rotatable bonds is 11. The number of ether oxygens (including phenoxy) is 2. The summed E-state index contributed by atoms with van der Waals surface area (Å²) in [4.78, 5) is 2.21. The number of benzene rings is 1. The topological polar surface area (TPSA) is 82.8 Å². The Morgan fingerprint density at radius 1 is 0.865 bits per heavy atom. The Kier molecular flexibility index (Phi) is 9.62. The molecule has 1 aromatic carbocycles. The van der Waals surface area contributed by atoms with Crippen molar-refractivity contribution >= 4 is 15.8 Å². The zero-order chi connectivity index (χ0) is 26.3. The molecule has 0 radical (unpaired) electrons. The van der Waals surface area contributed by atoms with Crippen molar-refractivity contribution < 1.29 is 27.0 Å². The summed E-state index contributed by atoms with van der Waals surface area (Å²) in [7, 11) is -4.25. The Labute approximate surface area is 222 Å². The second-order valence-electron chi connectivity index (χ2n) is 10.8. The molecular formula is C29H42N2O5S. The number of nitrogens with zero attached hydrogens (tertiary/aromatic N) is 2. The van der Waals surface area contributed by atoms with Gasteiger partial charge in [-0.15, -0.1) is 0 Å². The highest BCUT2D eigenvalue weighted by atomic mass is 32.2. The third kappa shape index (κ3) is 7.31. The number of hydrogen-bond acceptors (Lipinski definition) is 6. The lowest BCUT2D eigenvalue weighted by Crippen LogP contribution is -2.64. The van der Waals surface area contributed by atoms with Crippen molar-refractivity contribution in [3.05, 3.63) is 54.9 Å². The van der Waals surface area contributed by atoms with Crippen LogP contribution in [0.15, 0.2) is 59.8 Å². The first-order valence-electron chi connectivity index (χ1n) is 13.8. The van der Waals surface area contributed by atoms with E-state index in [0.29, 0.717) is 5.54 Å². The third-order valence-corrected chi connectivity index (χ3v) is 9.03. The highest BCUT2D eigenvalue weighted by molar-refractivity contribution is 7.85. The molecule has 4 aliphatic rings. The van der Waals surface area contributed by atoms with Crippen molar-refractivity contribution in [2.45, 2.75) is 62.8 Å². The van der Waals surface area contributed by atoms with Gasteiger partial charge in [0.25, 0.3) is 0 Å². The van der Waals surface area contributed by atoms with E-state index in [0.717, 1.165) is 57.3 Å². The van der Waals surface area contributed by atoms with Crippen molar-refractivity contribution in [3.63, 3.8) is 0 Å². The Bertz CT molecular complexity index is 1030. The molecule has 4 bridgehead atoms. The summed E-state index contributed by atoms with van der Waals surface area (Å²) in [6, 6.07) is 11.8. The Balaban J connectivity index is 0.000000270. The van der Waals surface area contributed by atoms with Gasteiger partial charge in [-0.25, -0.2) is 8.42 Å². The van der Waals surface area contributed by atoms with Crippen LogP contribution in [0.1, 0.15) is 52.4 Å². The molecule has 1 heterocycles. The molecule has 0 atom stereocenters. The van der Waals surface area contributed by atoms with Crippen molar-refractivity contribution in [2.75, 3.05) is 44.4 Å². The average molecular weight is 531 g/mol. The minimum absolute atomic E-state index is 0.185. The van der Waals surface area contributed by atoms with Gasteiger partial charge >= 0.3 is 0 Å². The summed E-state index contributed by atoms with van der Waals surface area (Å²) < 4.78 is 44.6. The molecule has 37 heavy (non-hydrogen) atoms. The van der Waals surface area contributed by atoms with Gasteiger partial charge in [0, 0.05) is 63.4 Å². The van der Waals surface area contributed by atoms with Crippen LogP contribution in [0.25, 0.3) is 0 Å². The first-order valence-corrected chi connectivity index (χ1v) is 15.2. The molecule has 1 aromatic heterocycles. The standard InChI is InChI=1S/C23H37N2O2.C6H6O3S/c1-3-26-11-9-24(10-12-27-4-2)22-5-7-25(8-6-22)23-16-19-13-20(17-23)15-21(14-19)18-23;7-10(8,9)6-4-2-1-3-5-6/h5-8,19-21H,3-4,9-18H2,1-2H3;1-5H,(H,7,8,9)/q+1;/p-1. The van der Waals surface area contributed by atoms with Gasteiger partial charge in [-0.3, -0.25) is 0 Å². The largest absolute Gasteiger partial charge is 0.744 e. The average Bonchev–Trinajstić information content (AvgIpc) is 2.88. The molecule has 0 N–H and O–H groups in total. The summed E-state index contributed by atoms with van der Waals surface area (Å²) in [5.74, 6) is 2.95. The smallest absolute Gasteiger partial charge is 0.171 e. The van der Waals surface area contributed by atoms with Crippen LogP contribution >= 0.6 is 0 Å². The van der Waals surface area contributed by atoms with Gasteiger partial charge in [-0.2, -0.15) is 4.57 Å². The molecule has 6 rings (SSSR count). The molecule has 0 unspecified atom stereocenters. The summed E-state index contributed by atoms with van der Waals surface area (Å²) in [6.07, 6.45) is 13.4. The fraction of sp³-hybridized carbons (Fsp3) is 0.621. The maximum Gasteiger partial charge on any atom is 0.171 e. The molecule has 0 aliphatic heterocycles. The van der Waals surface area contributed by atoms with E-state index < -0.39 is 10.1 Å². The molecular weight excluding hydrogens is 488 g/mol. The van der Waals surface area contributed by atoms with Crippen molar-refractivity contribution in [1.82, 2.24) is 0 Å². The van der Waals surface area contributed by atoms with Gasteiger partial charge < -0.3 is 18.9 Å². The van der Waals surface area contributed by atoms with E-state index in [9.17, 15) is 13.0 Å². The highest BCUT2D eigenvalue weighted by Gasteiger charge is 2.56. The van der Waals surface area contributed by atoms with Gasteiger partial charge in [0.15, 0.2) is 17.9 Å². The zero-order valence-electron chi connectivity index (χ0n) is 22.3. The van der Waals surface area contributed by atoms with Gasteiger partial charge in [-0.1, -0.05) is 18.2 Å². The number of anilines is 1. The van der Waals surface area contributed by atoms with Gasteiger partial charge in [0.05, 0.1) is 18.1 Å². The van der Waals surface area contributed by atoms with Crippen LogP contribution in [0.4, 0.5) is 5.69 Å². The maximum absolute atomic E-state index is 10.3. The predicted octanol–water partition coefficient (Wildman–Crippen LogP) is 4.37. The van der Waals surface area contributed by atoms with Crippen LogP contribution in [-0.4, -0.2) is 52.5 Å². The highest BCUT2D eigenvalue weighted by Crippen LogP contribution is 2.56. The summed E-state index contributed by atoms with van der Waals surface area (Å²) >= 11 is 0. The van der Waals surface area contributed by atoms with Crippen molar-refractivity contribution in [1.29, 1.82) is 0 Å². The van der Waals surface area contributed by atoms with Gasteiger partial charge in [0.1, 0.15) is 10.1 Å². The molecule has 204 valence electrons. The van der Waals surface area contributed by atoms with Crippen LogP contribution in [0.3, 0.4) is 0 Å². The Hall–Kier alpha value is -2.00. The maximum atomic E-state index is 10.3. The van der Waals surface area contributed by atoms with Crippen LogP contribution in [0.5, 0.6) is 0 Å². The summed E-state index contributed by atoms with van der Waals surface area (Å²) in [6.45, 7) is 9.05. The molecule has 7 nitrogen and oxygen atoms in total. The summed E-state index contributed by atoms with van der Waals surface area (Å²) in [5.41, 5.74) is 1.70. The number of hydrogen-bond donors (Lipinski definition) is 0. The minimum atomic E-state index is -4.25. The molecule has 4 aliphatic carbocycles. The van der Waals surface area contributed by atoms with Crippen molar-refractivity contribution in [3.8, 4) is 0 Å². The molecule has 0 saturated heterocycles. The summed E-state index contributed by atoms with van der Waals surface area (Å²) in [5, 5.41) is 0. The van der Waals surface area contributed by atoms with Crippen LogP contribution in [-0.2, 0) is 25.1 Å². The Morgan fingerprint density at radius 2 is 1.35 bits per heavy atom. The zero-order valence-corrected chi connectivity index (χ0v) is 23.1. The molecule has 2 aromatic rings. The fourth-order valence-electron chi connectivity index (χ4n) is 6.92. The number of pyridine rings is 1. The Morgan fingerprint density at radius 3 is 1.76 bits per heavy atom. The van der Waals surface area contributed by atoms with E-state index >= 15 is 0 Å². The second-order valence-corrected chi connectivity index (χ2v) is 12.1. The second kappa shape index (κ2) is 12.7.